The van der Waals surface area contributed by atoms with Gasteiger partial charge in [-0.15, -0.1) is 0 Å². The number of aromatic amines is 1. The molecule has 0 aliphatic rings. The molecule has 0 saturated carbocycles. The molecule has 2 atom stereocenters. The number of amides is 3. The maximum atomic E-state index is 12.0. The zero-order valence-corrected chi connectivity index (χ0v) is 14.4. The number of carbonyl (C=O) groups is 4. The van der Waals surface area contributed by atoms with E-state index in [1.54, 1.807) is 6.20 Å². The number of primary amides is 1. The van der Waals surface area contributed by atoms with Gasteiger partial charge in [0, 0.05) is 23.5 Å². The molecule has 0 fully saturated rings. The Kier molecular flexibility index (Phi) is 6.50. The van der Waals surface area contributed by atoms with Crippen molar-refractivity contribution < 1.29 is 24.3 Å². The third-order valence-corrected chi connectivity index (χ3v) is 3.91. The van der Waals surface area contributed by atoms with Crippen LogP contribution >= 0.6 is 0 Å². The van der Waals surface area contributed by atoms with Crippen molar-refractivity contribution >= 4 is 34.6 Å². The van der Waals surface area contributed by atoms with Crippen LogP contribution in [-0.2, 0) is 25.6 Å². The summed E-state index contributed by atoms with van der Waals surface area (Å²) in [5.74, 6) is -3.37. The number of rotatable bonds is 9. The largest absolute Gasteiger partial charge is 0.480 e. The second kappa shape index (κ2) is 8.81. The van der Waals surface area contributed by atoms with Crippen LogP contribution in [-0.4, -0.2) is 52.4 Å². The summed E-state index contributed by atoms with van der Waals surface area (Å²) < 4.78 is 0. The lowest BCUT2D eigenvalue weighted by Gasteiger charge is -2.15. The van der Waals surface area contributed by atoms with Crippen LogP contribution < -0.4 is 22.1 Å². The summed E-state index contributed by atoms with van der Waals surface area (Å²) in [6.45, 7) is -0.469. The third-order valence-electron chi connectivity index (χ3n) is 3.91. The maximum absolute atomic E-state index is 12.0. The molecule has 1 heterocycles. The fourth-order valence-corrected chi connectivity index (χ4v) is 2.57. The summed E-state index contributed by atoms with van der Waals surface area (Å²) in [6, 6.07) is 5.05. The quantitative estimate of drug-likeness (QED) is 0.313. The van der Waals surface area contributed by atoms with Crippen molar-refractivity contribution in [2.24, 2.45) is 11.5 Å². The highest BCUT2D eigenvalue weighted by molar-refractivity contribution is 5.92. The van der Waals surface area contributed by atoms with Crippen LogP contribution in [0.3, 0.4) is 0 Å². The fraction of sp³-hybridized carbons (Fsp3) is 0.294. The van der Waals surface area contributed by atoms with E-state index in [0.29, 0.717) is 0 Å². The van der Waals surface area contributed by atoms with Crippen LogP contribution in [0.1, 0.15) is 12.0 Å². The van der Waals surface area contributed by atoms with Gasteiger partial charge in [-0.25, -0.2) is 4.79 Å². The Morgan fingerprint density at radius 1 is 1.19 bits per heavy atom. The number of hydrogen-bond acceptors (Lipinski definition) is 5. The highest BCUT2D eigenvalue weighted by Crippen LogP contribution is 2.19. The number of hydrogen-bond donors (Lipinski definition) is 6. The molecular formula is C17H21N5O5. The Morgan fingerprint density at radius 2 is 1.89 bits per heavy atom. The van der Waals surface area contributed by atoms with Gasteiger partial charge in [0.15, 0.2) is 0 Å². The normalized spacial score (nSPS) is 12.9. The SMILES string of the molecule is NC(=O)CC(N)C(=O)NCC(=O)NC(Cc1c[nH]c2ccccc12)C(=O)O. The molecule has 2 unspecified atom stereocenters. The van der Waals surface area contributed by atoms with Crippen LogP contribution in [0.5, 0.6) is 0 Å². The van der Waals surface area contributed by atoms with Gasteiger partial charge >= 0.3 is 5.97 Å². The van der Waals surface area contributed by atoms with E-state index in [4.69, 9.17) is 11.5 Å². The smallest absolute Gasteiger partial charge is 0.326 e. The standard InChI is InChI=1S/C17H21N5O5/c18-11(6-14(19)23)16(25)21-8-15(24)22-13(17(26)27)5-9-7-20-12-4-2-1-3-10(9)12/h1-4,7,11,13,20H,5-6,8,18H2,(H2,19,23)(H,21,25)(H,22,24)(H,26,27). The molecule has 10 heteroatoms. The number of fused-ring (bicyclic) bond motifs is 1. The van der Waals surface area contributed by atoms with Crippen LogP contribution in [0.15, 0.2) is 30.5 Å². The van der Waals surface area contributed by atoms with Crippen molar-refractivity contribution in [2.45, 2.75) is 24.9 Å². The van der Waals surface area contributed by atoms with Crippen LogP contribution in [0.2, 0.25) is 0 Å². The maximum Gasteiger partial charge on any atom is 0.326 e. The van der Waals surface area contributed by atoms with Gasteiger partial charge in [-0.05, 0) is 11.6 Å². The number of carbonyl (C=O) groups excluding carboxylic acids is 3. The van der Waals surface area contributed by atoms with Gasteiger partial charge in [-0.1, -0.05) is 18.2 Å². The molecule has 2 rings (SSSR count). The number of nitrogens with two attached hydrogens (primary N) is 2. The zero-order chi connectivity index (χ0) is 20.0. The number of para-hydroxylation sites is 1. The highest BCUT2D eigenvalue weighted by atomic mass is 16.4. The summed E-state index contributed by atoms with van der Waals surface area (Å²) in [4.78, 5) is 48.9. The van der Waals surface area contributed by atoms with Crippen molar-refractivity contribution in [3.63, 3.8) is 0 Å². The molecule has 0 aliphatic heterocycles. The van der Waals surface area contributed by atoms with Crippen LogP contribution in [0, 0.1) is 0 Å². The molecule has 0 spiro atoms. The second-order valence-corrected chi connectivity index (χ2v) is 6.02. The van der Waals surface area contributed by atoms with Crippen molar-refractivity contribution in [1.29, 1.82) is 0 Å². The molecule has 1 aromatic heterocycles. The number of nitrogens with one attached hydrogen (secondary N) is 3. The highest BCUT2D eigenvalue weighted by Gasteiger charge is 2.23. The monoisotopic (exact) mass is 375 g/mol. The molecule has 3 amide bonds. The number of carboxylic acid groups (broad SMARTS) is 1. The first kappa shape index (κ1) is 19.9. The van der Waals surface area contributed by atoms with Crippen LogP contribution in [0.25, 0.3) is 10.9 Å². The van der Waals surface area contributed by atoms with E-state index in [0.717, 1.165) is 16.5 Å². The lowest BCUT2D eigenvalue weighted by atomic mass is 10.0. The topological polar surface area (TPSA) is 180 Å². The van der Waals surface area contributed by atoms with E-state index >= 15 is 0 Å². The van der Waals surface area contributed by atoms with E-state index in [9.17, 15) is 24.3 Å². The molecule has 0 aliphatic carbocycles. The van der Waals surface area contributed by atoms with Crippen molar-refractivity contribution in [3.8, 4) is 0 Å². The Bertz CT molecular complexity index is 862. The Morgan fingerprint density at radius 3 is 2.56 bits per heavy atom. The lowest BCUT2D eigenvalue weighted by Crippen LogP contribution is -2.49. The Hall–Kier alpha value is -3.40. The molecule has 8 N–H and O–H groups in total. The average Bonchev–Trinajstić information content (AvgIpc) is 3.01. The number of H-pyrrole nitrogens is 1. The summed E-state index contributed by atoms with van der Waals surface area (Å²) in [7, 11) is 0. The van der Waals surface area contributed by atoms with E-state index in [-0.39, 0.29) is 12.8 Å². The lowest BCUT2D eigenvalue weighted by molar-refractivity contribution is -0.141. The van der Waals surface area contributed by atoms with Gasteiger partial charge in [0.25, 0.3) is 0 Å². The van der Waals surface area contributed by atoms with Gasteiger partial charge in [0.2, 0.25) is 17.7 Å². The average molecular weight is 375 g/mol. The van der Waals surface area contributed by atoms with Crippen molar-refractivity contribution in [3.05, 3.63) is 36.0 Å². The van der Waals surface area contributed by atoms with Crippen molar-refractivity contribution in [1.82, 2.24) is 15.6 Å². The minimum absolute atomic E-state index is 0.0697. The molecule has 0 radical (unpaired) electrons. The first-order chi connectivity index (χ1) is 12.8. The first-order valence-corrected chi connectivity index (χ1v) is 8.16. The van der Waals surface area contributed by atoms with E-state index in [1.807, 2.05) is 24.3 Å². The minimum atomic E-state index is -1.20. The predicted octanol–water partition coefficient (Wildman–Crippen LogP) is -1.40. The van der Waals surface area contributed by atoms with Gasteiger partial charge in [-0.2, -0.15) is 0 Å². The van der Waals surface area contributed by atoms with E-state index < -0.39 is 42.3 Å². The molecule has 144 valence electrons. The van der Waals surface area contributed by atoms with Crippen LogP contribution in [0.4, 0.5) is 0 Å². The van der Waals surface area contributed by atoms with Gasteiger partial charge in [-0.3, -0.25) is 14.4 Å². The minimum Gasteiger partial charge on any atom is -0.480 e. The predicted molar refractivity (Wildman–Crippen MR) is 96.4 cm³/mol. The molecular weight excluding hydrogens is 354 g/mol. The molecule has 1 aromatic carbocycles. The second-order valence-electron chi connectivity index (χ2n) is 6.02. The molecule has 0 bridgehead atoms. The number of benzene rings is 1. The third kappa shape index (κ3) is 5.54. The van der Waals surface area contributed by atoms with E-state index in [2.05, 4.69) is 15.6 Å². The molecule has 0 saturated heterocycles. The Labute approximate surface area is 154 Å². The Balaban J connectivity index is 1.93. The molecule has 10 nitrogen and oxygen atoms in total. The summed E-state index contributed by atoms with van der Waals surface area (Å²) in [6.07, 6.45) is 1.41. The number of carboxylic acids is 1. The molecule has 2 aromatic rings. The fourth-order valence-electron chi connectivity index (χ4n) is 2.57. The number of aromatic nitrogens is 1. The summed E-state index contributed by atoms with van der Waals surface area (Å²) in [5, 5.41) is 14.8. The van der Waals surface area contributed by atoms with Gasteiger partial charge in [0.05, 0.1) is 19.0 Å². The molecule has 27 heavy (non-hydrogen) atoms. The number of aliphatic carboxylic acids is 1. The zero-order valence-electron chi connectivity index (χ0n) is 14.4. The van der Waals surface area contributed by atoms with Gasteiger partial charge in [0.1, 0.15) is 6.04 Å². The first-order valence-electron chi connectivity index (χ1n) is 8.16. The van der Waals surface area contributed by atoms with Gasteiger partial charge < -0.3 is 32.2 Å². The summed E-state index contributed by atoms with van der Waals surface area (Å²) >= 11 is 0. The van der Waals surface area contributed by atoms with E-state index in [1.165, 1.54) is 0 Å². The summed E-state index contributed by atoms with van der Waals surface area (Å²) in [5.41, 5.74) is 12.0. The van der Waals surface area contributed by atoms with Crippen molar-refractivity contribution in [2.75, 3.05) is 6.54 Å².